The molecule has 0 aliphatic heterocycles. The predicted molar refractivity (Wildman–Crippen MR) is 111 cm³/mol. The van der Waals surface area contributed by atoms with Crippen molar-refractivity contribution in [2.45, 2.75) is 65.3 Å². The van der Waals surface area contributed by atoms with Crippen LogP contribution in [0, 0.1) is 5.92 Å². The molecular formula is C22H32N4O2. The van der Waals surface area contributed by atoms with Gasteiger partial charge in [-0.2, -0.15) is 4.98 Å². The van der Waals surface area contributed by atoms with Crippen molar-refractivity contribution in [3.05, 3.63) is 41.5 Å². The average Bonchev–Trinajstić information content (AvgIpc) is 3.44. The molecule has 1 aromatic heterocycles. The molecule has 0 bridgehead atoms. The number of rotatable bonds is 10. The zero-order valence-electron chi connectivity index (χ0n) is 17.4. The van der Waals surface area contributed by atoms with Gasteiger partial charge < -0.3 is 14.7 Å². The number of hydrogen-bond donors (Lipinski definition) is 1. The molecule has 0 spiro atoms. The summed E-state index contributed by atoms with van der Waals surface area (Å²) >= 11 is 0. The van der Waals surface area contributed by atoms with Gasteiger partial charge in [0.05, 0.1) is 0 Å². The monoisotopic (exact) mass is 384 g/mol. The number of aromatic nitrogens is 2. The lowest BCUT2D eigenvalue weighted by Gasteiger charge is -2.23. The Morgan fingerprint density at radius 3 is 2.54 bits per heavy atom. The maximum Gasteiger partial charge on any atom is 0.251 e. The van der Waals surface area contributed by atoms with Crippen LogP contribution in [0.15, 0.2) is 28.8 Å². The van der Waals surface area contributed by atoms with Crippen molar-refractivity contribution in [3.8, 4) is 0 Å². The molecule has 1 atom stereocenters. The van der Waals surface area contributed by atoms with E-state index in [0.717, 1.165) is 37.4 Å². The van der Waals surface area contributed by atoms with Gasteiger partial charge in [-0.15, -0.1) is 0 Å². The highest BCUT2D eigenvalue weighted by Crippen LogP contribution is 2.38. The first-order chi connectivity index (χ1) is 13.5. The van der Waals surface area contributed by atoms with Crippen LogP contribution >= 0.6 is 0 Å². The van der Waals surface area contributed by atoms with Crippen LogP contribution < -0.4 is 10.2 Å². The van der Waals surface area contributed by atoms with Gasteiger partial charge in [-0.3, -0.25) is 4.79 Å². The molecule has 0 saturated heterocycles. The third-order valence-corrected chi connectivity index (χ3v) is 5.28. The number of unbranched alkanes of at least 4 members (excludes halogenated alkanes) is 1. The van der Waals surface area contributed by atoms with Gasteiger partial charge in [-0.1, -0.05) is 32.3 Å². The second-order valence-corrected chi connectivity index (χ2v) is 7.94. The quantitative estimate of drug-likeness (QED) is 0.643. The summed E-state index contributed by atoms with van der Waals surface area (Å²) in [5, 5.41) is 7.15. The zero-order chi connectivity index (χ0) is 20.1. The van der Waals surface area contributed by atoms with Gasteiger partial charge in [0, 0.05) is 30.3 Å². The van der Waals surface area contributed by atoms with Crippen LogP contribution in [-0.2, 0) is 0 Å². The molecule has 6 heteroatoms. The molecule has 1 aromatic carbocycles. The van der Waals surface area contributed by atoms with Crippen molar-refractivity contribution in [2.75, 3.05) is 18.0 Å². The summed E-state index contributed by atoms with van der Waals surface area (Å²) < 4.78 is 5.45. The topological polar surface area (TPSA) is 71.3 Å². The lowest BCUT2D eigenvalue weighted by atomic mass is 10.0. The molecule has 1 unspecified atom stereocenters. The summed E-state index contributed by atoms with van der Waals surface area (Å²) in [4.78, 5) is 19.6. The van der Waals surface area contributed by atoms with Gasteiger partial charge in [-0.05, 0) is 56.4 Å². The average molecular weight is 385 g/mol. The summed E-state index contributed by atoms with van der Waals surface area (Å²) in [7, 11) is 0. The first-order valence-corrected chi connectivity index (χ1v) is 10.5. The maximum atomic E-state index is 12.8. The van der Waals surface area contributed by atoms with E-state index in [2.05, 4.69) is 34.2 Å². The molecule has 2 aromatic rings. The molecule has 6 nitrogen and oxygen atoms in total. The Bertz CT molecular complexity index is 765. The van der Waals surface area contributed by atoms with Crippen molar-refractivity contribution in [2.24, 2.45) is 5.92 Å². The molecule has 1 saturated carbocycles. The minimum atomic E-state index is -0.288. The van der Waals surface area contributed by atoms with Gasteiger partial charge in [0.25, 0.3) is 5.91 Å². The summed E-state index contributed by atoms with van der Waals surface area (Å²) in [6.45, 7) is 10.4. The van der Waals surface area contributed by atoms with E-state index in [9.17, 15) is 4.79 Å². The molecular weight excluding hydrogens is 352 g/mol. The smallest absolute Gasteiger partial charge is 0.251 e. The van der Waals surface area contributed by atoms with Crippen molar-refractivity contribution in [1.82, 2.24) is 15.5 Å². The van der Waals surface area contributed by atoms with Gasteiger partial charge in [-0.25, -0.2) is 0 Å². The Morgan fingerprint density at radius 2 is 1.96 bits per heavy atom. The Labute approximate surface area is 167 Å². The Hall–Kier alpha value is -2.37. The largest absolute Gasteiger partial charge is 0.372 e. The summed E-state index contributed by atoms with van der Waals surface area (Å²) in [5.41, 5.74) is 1.79. The fraction of sp³-hybridized carbons (Fsp3) is 0.591. The highest BCUT2D eigenvalue weighted by Gasteiger charge is 2.31. The third-order valence-electron chi connectivity index (χ3n) is 5.28. The normalized spacial score (nSPS) is 14.9. The molecule has 28 heavy (non-hydrogen) atoms. The summed E-state index contributed by atoms with van der Waals surface area (Å²) in [5.74, 6) is 1.74. The number of carbonyl (C=O) groups excluding carboxylic acids is 1. The van der Waals surface area contributed by atoms with Crippen LogP contribution in [0.25, 0.3) is 0 Å². The minimum Gasteiger partial charge on any atom is -0.372 e. The van der Waals surface area contributed by atoms with Crippen molar-refractivity contribution in [1.29, 1.82) is 0 Å². The van der Waals surface area contributed by atoms with E-state index in [1.165, 1.54) is 12.8 Å². The maximum absolute atomic E-state index is 12.8. The summed E-state index contributed by atoms with van der Waals surface area (Å²) in [6.07, 6.45) is 4.58. The standard InChI is InChI=1S/C22H32N4O2/c1-5-7-14-26(6-2)18-12-10-17(11-13-18)21(27)23-19(15(3)4)22-24-20(25-28-22)16-8-9-16/h10-13,15-16,19H,5-9,14H2,1-4H3,(H,23,27). The first kappa shape index (κ1) is 20.4. The van der Waals surface area contributed by atoms with Crippen molar-refractivity contribution in [3.63, 3.8) is 0 Å². The van der Waals surface area contributed by atoms with E-state index in [4.69, 9.17) is 4.52 Å². The van der Waals surface area contributed by atoms with Crippen LogP contribution in [0.2, 0.25) is 0 Å². The lowest BCUT2D eigenvalue weighted by Crippen LogP contribution is -2.32. The number of anilines is 1. The van der Waals surface area contributed by atoms with Crippen LogP contribution in [0.1, 0.15) is 87.4 Å². The van der Waals surface area contributed by atoms with Gasteiger partial charge in [0.1, 0.15) is 6.04 Å². The first-order valence-electron chi connectivity index (χ1n) is 10.5. The lowest BCUT2D eigenvalue weighted by molar-refractivity contribution is 0.0914. The second kappa shape index (κ2) is 9.22. The number of nitrogens with one attached hydrogen (secondary N) is 1. The molecule has 3 rings (SSSR count). The van der Waals surface area contributed by atoms with Crippen LogP contribution in [-0.4, -0.2) is 29.1 Å². The zero-order valence-corrected chi connectivity index (χ0v) is 17.4. The van der Waals surface area contributed by atoms with E-state index < -0.39 is 0 Å². The van der Waals surface area contributed by atoms with Crippen molar-refractivity contribution >= 4 is 11.6 Å². The van der Waals surface area contributed by atoms with Crippen LogP contribution in [0.5, 0.6) is 0 Å². The van der Waals surface area contributed by atoms with E-state index >= 15 is 0 Å². The molecule has 0 radical (unpaired) electrons. The van der Waals surface area contributed by atoms with Gasteiger partial charge in [0.15, 0.2) is 5.82 Å². The van der Waals surface area contributed by atoms with Crippen LogP contribution in [0.4, 0.5) is 5.69 Å². The molecule has 1 aliphatic carbocycles. The fourth-order valence-corrected chi connectivity index (χ4v) is 3.26. The Morgan fingerprint density at radius 1 is 1.25 bits per heavy atom. The molecule has 1 fully saturated rings. The predicted octanol–water partition coefficient (Wildman–Crippen LogP) is 4.70. The SMILES string of the molecule is CCCCN(CC)c1ccc(C(=O)NC(c2nc(C3CC3)no2)C(C)C)cc1. The number of nitrogens with zero attached hydrogens (tertiary/aromatic N) is 3. The molecule has 1 N–H and O–H groups in total. The number of carbonyl (C=O) groups is 1. The third kappa shape index (κ3) is 4.91. The highest BCUT2D eigenvalue weighted by atomic mass is 16.5. The van der Waals surface area contributed by atoms with E-state index in [1.54, 1.807) is 0 Å². The highest BCUT2D eigenvalue weighted by molar-refractivity contribution is 5.94. The van der Waals surface area contributed by atoms with Gasteiger partial charge in [0.2, 0.25) is 5.89 Å². The molecule has 1 aliphatic rings. The molecule has 1 heterocycles. The summed E-state index contributed by atoms with van der Waals surface area (Å²) in [6, 6.07) is 7.54. The van der Waals surface area contributed by atoms with Crippen molar-refractivity contribution < 1.29 is 9.32 Å². The molecule has 1 amide bonds. The van der Waals surface area contributed by atoms with Gasteiger partial charge >= 0.3 is 0 Å². The number of hydrogen-bond acceptors (Lipinski definition) is 5. The Kier molecular flexibility index (Phi) is 6.70. The van der Waals surface area contributed by atoms with E-state index in [1.807, 2.05) is 38.1 Å². The van der Waals surface area contributed by atoms with E-state index in [0.29, 0.717) is 17.4 Å². The second-order valence-electron chi connectivity index (χ2n) is 7.94. The van der Waals surface area contributed by atoms with E-state index in [-0.39, 0.29) is 17.9 Å². The minimum absolute atomic E-state index is 0.118. The fourth-order valence-electron chi connectivity index (χ4n) is 3.26. The number of amides is 1. The molecule has 152 valence electrons. The Balaban J connectivity index is 1.67. The van der Waals surface area contributed by atoms with Crippen LogP contribution in [0.3, 0.4) is 0 Å². The number of benzene rings is 1.